The van der Waals surface area contributed by atoms with Crippen molar-refractivity contribution >= 4 is 6.08 Å². The molecule has 0 unspecified atom stereocenters. The van der Waals surface area contributed by atoms with E-state index in [1.54, 1.807) is 0 Å². The zero-order valence-electron chi connectivity index (χ0n) is 8.84. The fraction of sp³-hybridized carbons (Fsp3) is 0.300. The number of hydrogen-bond donors (Lipinski definition) is 0. The minimum absolute atomic E-state index is 1.02. The van der Waals surface area contributed by atoms with Gasteiger partial charge in [0.25, 0.3) is 0 Å². The molecule has 0 aliphatic carbocycles. The van der Waals surface area contributed by atoms with Crippen LogP contribution in [0.25, 0.3) is 6.08 Å². The molecule has 1 aromatic rings. The molecule has 82 valence electrons. The topological polar surface area (TPSA) is 70.1 Å². The van der Waals surface area contributed by atoms with Gasteiger partial charge in [-0.25, -0.2) is 4.57 Å². The molecule has 0 aliphatic heterocycles. The van der Waals surface area contributed by atoms with Crippen LogP contribution in [0.5, 0.6) is 0 Å². The molecule has 0 aromatic carbocycles. The number of nitrogens with zero attached hydrogens (tertiary/aromatic N) is 2. The van der Waals surface area contributed by atoms with Crippen molar-refractivity contribution in [3.8, 4) is 0 Å². The van der Waals surface area contributed by atoms with Crippen LogP contribution in [0.2, 0.25) is 0 Å². The molecule has 0 bridgehead atoms. The fourth-order valence-corrected chi connectivity index (χ4v) is 1.10. The number of hydrogen-bond acceptors (Lipinski definition) is 3. The zero-order valence-corrected chi connectivity index (χ0v) is 8.84. The van der Waals surface area contributed by atoms with E-state index in [0.29, 0.717) is 0 Å². The Balaban J connectivity index is 0.000000423. The molecule has 0 amide bonds. The summed E-state index contributed by atoms with van der Waals surface area (Å²) in [5.41, 5.74) is 2.47. The summed E-state index contributed by atoms with van der Waals surface area (Å²) in [5.74, 6) is 0. The lowest BCUT2D eigenvalue weighted by Crippen LogP contribution is -2.35. The smallest absolute Gasteiger partial charge is 0.178 e. The maximum atomic E-state index is 8.25. The van der Waals surface area contributed by atoms with E-state index in [9.17, 15) is 0 Å². The van der Waals surface area contributed by atoms with E-state index in [4.69, 9.17) is 15.3 Å². The van der Waals surface area contributed by atoms with Crippen molar-refractivity contribution in [3.63, 3.8) is 0 Å². The van der Waals surface area contributed by atoms with E-state index in [2.05, 4.69) is 43.3 Å². The van der Waals surface area contributed by atoms with Gasteiger partial charge in [-0.2, -0.15) is 0 Å². The van der Waals surface area contributed by atoms with Gasteiger partial charge in [0.1, 0.15) is 6.54 Å². The normalized spacial score (nSPS) is 8.67. The number of rotatable bonds is 2. The number of aromatic nitrogens is 1. The van der Waals surface area contributed by atoms with Gasteiger partial charge in [0.15, 0.2) is 11.9 Å². The van der Waals surface area contributed by atoms with E-state index in [-0.39, 0.29) is 0 Å². The van der Waals surface area contributed by atoms with E-state index in [1.165, 1.54) is 11.3 Å². The van der Waals surface area contributed by atoms with Gasteiger partial charge in [-0.15, -0.1) is 0 Å². The van der Waals surface area contributed by atoms with Gasteiger partial charge in [0, 0.05) is 18.6 Å². The second-order valence-corrected chi connectivity index (χ2v) is 2.82. The van der Waals surface area contributed by atoms with E-state index >= 15 is 0 Å². The lowest BCUT2D eigenvalue weighted by atomic mass is 10.2. The van der Waals surface area contributed by atoms with Crippen LogP contribution in [-0.4, -0.2) is 5.09 Å². The van der Waals surface area contributed by atoms with E-state index in [0.717, 1.165) is 6.54 Å². The van der Waals surface area contributed by atoms with Gasteiger partial charge in [0.05, 0.1) is 5.09 Å². The molecule has 1 aromatic heterocycles. The van der Waals surface area contributed by atoms with Gasteiger partial charge >= 0.3 is 0 Å². The Morgan fingerprint density at radius 2 is 2.07 bits per heavy atom. The minimum Gasteiger partial charge on any atom is -0.356 e. The average Bonchev–Trinajstić information content (AvgIpc) is 2.18. The molecular formula is C10H14N2O3. The summed E-state index contributed by atoms with van der Waals surface area (Å²) in [6.07, 6.45) is 3.98. The quantitative estimate of drug-likeness (QED) is 0.424. The highest BCUT2D eigenvalue weighted by atomic mass is 16.9. The third-order valence-electron chi connectivity index (χ3n) is 1.85. The highest BCUT2D eigenvalue weighted by molar-refractivity contribution is 5.43. The molecule has 0 atom stereocenters. The van der Waals surface area contributed by atoms with Crippen LogP contribution < -0.4 is 4.57 Å². The standard InChI is InChI=1S/C10H14N.NO3/c1-4-10-7-6-9(3)11(5-2)8-10;2-1(3)4/h4,6-8H,1,5H2,2-3H3;/q+1;-1. The second-order valence-electron chi connectivity index (χ2n) is 2.82. The summed E-state index contributed by atoms with van der Waals surface area (Å²) >= 11 is 0. The maximum absolute atomic E-state index is 8.25. The Morgan fingerprint density at radius 1 is 1.53 bits per heavy atom. The third-order valence-corrected chi connectivity index (χ3v) is 1.85. The summed E-state index contributed by atoms with van der Waals surface area (Å²) in [7, 11) is 0. The number of pyridine rings is 1. The Bertz CT molecular complexity index is 347. The van der Waals surface area contributed by atoms with Crippen molar-refractivity contribution in [1.82, 2.24) is 0 Å². The van der Waals surface area contributed by atoms with Crippen LogP contribution in [0.15, 0.2) is 24.9 Å². The molecule has 15 heavy (non-hydrogen) atoms. The molecule has 0 saturated carbocycles. The van der Waals surface area contributed by atoms with Gasteiger partial charge in [-0.1, -0.05) is 12.7 Å². The first-order valence-corrected chi connectivity index (χ1v) is 4.45. The highest BCUT2D eigenvalue weighted by Crippen LogP contribution is 1.98. The molecule has 0 N–H and O–H groups in total. The van der Waals surface area contributed by atoms with Gasteiger partial charge in [-0.05, 0) is 13.0 Å². The predicted molar refractivity (Wildman–Crippen MR) is 57.5 cm³/mol. The average molecular weight is 210 g/mol. The molecule has 0 spiro atoms. The number of aryl methyl sites for hydroxylation is 2. The van der Waals surface area contributed by atoms with Gasteiger partial charge < -0.3 is 15.3 Å². The van der Waals surface area contributed by atoms with Crippen molar-refractivity contribution in [2.24, 2.45) is 0 Å². The summed E-state index contributed by atoms with van der Waals surface area (Å²) in [6.45, 7) is 8.99. The van der Waals surface area contributed by atoms with Crippen LogP contribution in [0.4, 0.5) is 0 Å². The molecule has 0 aliphatic rings. The molecule has 1 heterocycles. The van der Waals surface area contributed by atoms with Crippen molar-refractivity contribution < 1.29 is 9.65 Å². The summed E-state index contributed by atoms with van der Waals surface area (Å²) in [5, 5.41) is 14.8. The van der Waals surface area contributed by atoms with Crippen LogP contribution in [-0.2, 0) is 6.54 Å². The first-order valence-electron chi connectivity index (χ1n) is 4.45. The lowest BCUT2D eigenvalue weighted by molar-refractivity contribution is -0.699. The Morgan fingerprint density at radius 3 is 2.47 bits per heavy atom. The lowest BCUT2D eigenvalue weighted by Gasteiger charge is -1.96. The van der Waals surface area contributed by atoms with Gasteiger partial charge in [0.2, 0.25) is 0 Å². The summed E-state index contributed by atoms with van der Waals surface area (Å²) < 4.78 is 2.21. The SMILES string of the molecule is C=Cc1ccc(C)[n+](CC)c1.O=[N+]([O-])[O-]. The summed E-state index contributed by atoms with van der Waals surface area (Å²) in [4.78, 5) is 8.25. The maximum Gasteiger partial charge on any atom is 0.178 e. The molecule has 0 radical (unpaired) electrons. The molecular weight excluding hydrogens is 196 g/mol. The predicted octanol–water partition coefficient (Wildman–Crippen LogP) is 1.71. The first-order chi connectivity index (χ1) is 7.01. The minimum atomic E-state index is -1.75. The van der Waals surface area contributed by atoms with E-state index in [1.807, 2.05) is 6.08 Å². The van der Waals surface area contributed by atoms with Gasteiger partial charge in [-0.3, -0.25) is 0 Å². The van der Waals surface area contributed by atoms with Crippen molar-refractivity contribution in [2.75, 3.05) is 0 Å². The van der Waals surface area contributed by atoms with Crippen molar-refractivity contribution in [1.29, 1.82) is 0 Å². The van der Waals surface area contributed by atoms with Crippen LogP contribution >= 0.6 is 0 Å². The largest absolute Gasteiger partial charge is 0.356 e. The molecule has 0 saturated heterocycles. The van der Waals surface area contributed by atoms with Crippen molar-refractivity contribution in [2.45, 2.75) is 20.4 Å². The fourth-order valence-electron chi connectivity index (χ4n) is 1.10. The molecule has 5 heteroatoms. The summed E-state index contributed by atoms with van der Waals surface area (Å²) in [6, 6.07) is 4.19. The first kappa shape index (κ1) is 13.1. The third kappa shape index (κ3) is 5.41. The Labute approximate surface area is 88.4 Å². The van der Waals surface area contributed by atoms with E-state index < -0.39 is 5.09 Å². The second kappa shape index (κ2) is 6.53. The zero-order chi connectivity index (χ0) is 11.8. The van der Waals surface area contributed by atoms with Crippen LogP contribution in [0.1, 0.15) is 18.2 Å². The Hall–Kier alpha value is -1.91. The monoisotopic (exact) mass is 210 g/mol. The van der Waals surface area contributed by atoms with Crippen LogP contribution in [0, 0.1) is 22.2 Å². The molecule has 1 rings (SSSR count). The molecule has 5 nitrogen and oxygen atoms in total. The van der Waals surface area contributed by atoms with Crippen LogP contribution in [0.3, 0.4) is 0 Å². The molecule has 0 fully saturated rings. The highest BCUT2D eigenvalue weighted by Gasteiger charge is 2.01. The Kier molecular flexibility index (Phi) is 5.70. The van der Waals surface area contributed by atoms with Crippen molar-refractivity contribution in [3.05, 3.63) is 51.5 Å².